The lowest BCUT2D eigenvalue weighted by Crippen LogP contribution is -2.73. The first-order chi connectivity index (χ1) is 15.5. The maximum absolute atomic E-state index is 12.8. The average Bonchev–Trinajstić information content (AvgIpc) is 3.34. The zero-order chi connectivity index (χ0) is 23.2. The molecule has 1 aromatic carbocycles. The summed E-state index contributed by atoms with van der Waals surface area (Å²) in [5, 5.41) is 36.0. The van der Waals surface area contributed by atoms with Gasteiger partial charge in [-0.25, -0.2) is 0 Å². The second kappa shape index (κ2) is 5.87. The van der Waals surface area contributed by atoms with Crippen LogP contribution >= 0.6 is 0 Å². The van der Waals surface area contributed by atoms with E-state index in [1.807, 2.05) is 0 Å². The topological polar surface area (TPSA) is 85.7 Å². The fraction of sp³-hybridized carbons (Fsp3) is 0.714. The van der Waals surface area contributed by atoms with E-state index < -0.39 is 28.8 Å². The van der Waals surface area contributed by atoms with Gasteiger partial charge in [0.25, 0.3) is 0 Å². The van der Waals surface area contributed by atoms with Gasteiger partial charge in [-0.3, -0.25) is 0 Å². The summed E-state index contributed by atoms with van der Waals surface area (Å²) in [6.07, 6.45) is 3.92. The Hall–Kier alpha value is -1.40. The Labute approximate surface area is 195 Å². The van der Waals surface area contributed by atoms with Gasteiger partial charge in [0.05, 0.1) is 23.4 Å². The first-order valence-electron chi connectivity index (χ1n) is 12.9. The van der Waals surface area contributed by atoms with Gasteiger partial charge in [-0.15, -0.1) is 0 Å². The molecule has 5 nitrogen and oxygen atoms in total. The molecule has 0 amide bonds. The summed E-state index contributed by atoms with van der Waals surface area (Å²) >= 11 is 0. The summed E-state index contributed by atoms with van der Waals surface area (Å²) in [5.74, 6) is 0.498. The number of aliphatic hydroxyl groups is 3. The fourth-order valence-corrected chi connectivity index (χ4v) is 9.69. The third-order valence-electron chi connectivity index (χ3n) is 11.6. The molecule has 4 aliphatic carbocycles. The summed E-state index contributed by atoms with van der Waals surface area (Å²) in [6.45, 7) is 8.17. The molecule has 1 aliphatic heterocycles. The Morgan fingerprint density at radius 2 is 1.88 bits per heavy atom. The van der Waals surface area contributed by atoms with Crippen molar-refractivity contribution in [3.05, 3.63) is 35.5 Å². The van der Waals surface area contributed by atoms with Crippen LogP contribution in [-0.2, 0) is 16.6 Å². The molecule has 4 fully saturated rings. The highest BCUT2D eigenvalue weighted by molar-refractivity contribution is 5.86. The van der Waals surface area contributed by atoms with Crippen molar-refractivity contribution in [1.29, 1.82) is 0 Å². The van der Waals surface area contributed by atoms with Crippen molar-refractivity contribution in [3.63, 3.8) is 0 Å². The third kappa shape index (κ3) is 2.08. The maximum Gasteiger partial charge on any atom is 0.112 e. The zero-order valence-corrected chi connectivity index (χ0v) is 20.2. The number of H-pyrrole nitrogens is 1. The summed E-state index contributed by atoms with van der Waals surface area (Å²) in [6, 6.07) is 8.61. The van der Waals surface area contributed by atoms with Crippen LogP contribution in [0, 0.1) is 22.7 Å². The molecule has 5 aliphatic rings. The number of hydrogen-bond acceptors (Lipinski definition) is 4. The highest BCUT2D eigenvalue weighted by Crippen LogP contribution is 2.80. The second-order valence-electron chi connectivity index (χ2n) is 12.9. The Bertz CT molecular complexity index is 1170. The molecule has 2 heterocycles. The van der Waals surface area contributed by atoms with Crippen molar-refractivity contribution >= 4 is 10.9 Å². The van der Waals surface area contributed by atoms with Gasteiger partial charge in [0.15, 0.2) is 0 Å². The van der Waals surface area contributed by atoms with Crippen LogP contribution in [0.2, 0.25) is 0 Å². The smallest absolute Gasteiger partial charge is 0.112 e. The molecule has 2 aromatic rings. The summed E-state index contributed by atoms with van der Waals surface area (Å²) in [4.78, 5) is 3.80. The molecule has 7 rings (SSSR count). The number of nitrogens with one attached hydrogen (secondary N) is 1. The van der Waals surface area contributed by atoms with Crippen LogP contribution in [0.25, 0.3) is 10.9 Å². The first-order valence-corrected chi connectivity index (χ1v) is 12.9. The number of aromatic amines is 1. The van der Waals surface area contributed by atoms with Gasteiger partial charge in [0.1, 0.15) is 6.10 Å². The van der Waals surface area contributed by atoms with E-state index in [-0.39, 0.29) is 22.9 Å². The molecular weight excluding hydrogens is 414 g/mol. The van der Waals surface area contributed by atoms with Crippen molar-refractivity contribution in [3.8, 4) is 0 Å². The molecule has 5 heteroatoms. The van der Waals surface area contributed by atoms with E-state index in [0.717, 1.165) is 38.5 Å². The number of ether oxygens (including phenoxy) is 1. The maximum atomic E-state index is 12.8. The van der Waals surface area contributed by atoms with Crippen LogP contribution in [0.5, 0.6) is 0 Å². The van der Waals surface area contributed by atoms with Crippen LogP contribution in [0.3, 0.4) is 0 Å². The van der Waals surface area contributed by atoms with E-state index in [1.54, 1.807) is 13.8 Å². The molecule has 1 spiro atoms. The number of aromatic nitrogens is 1. The Morgan fingerprint density at radius 3 is 2.64 bits per heavy atom. The lowest BCUT2D eigenvalue weighted by molar-refractivity contribution is -0.302. The molecule has 9 atom stereocenters. The number of benzene rings is 1. The molecule has 33 heavy (non-hydrogen) atoms. The largest absolute Gasteiger partial charge is 0.390 e. The molecule has 0 unspecified atom stereocenters. The lowest BCUT2D eigenvalue weighted by atomic mass is 9.40. The van der Waals surface area contributed by atoms with E-state index in [4.69, 9.17) is 4.74 Å². The van der Waals surface area contributed by atoms with E-state index >= 15 is 0 Å². The number of fused-ring (bicyclic) bond motifs is 7. The molecule has 4 N–H and O–H groups in total. The molecule has 0 bridgehead atoms. The summed E-state index contributed by atoms with van der Waals surface area (Å²) < 4.78 is 6.46. The third-order valence-corrected chi connectivity index (χ3v) is 11.6. The van der Waals surface area contributed by atoms with Crippen molar-refractivity contribution in [2.75, 3.05) is 0 Å². The Balaban J connectivity index is 1.36. The summed E-state index contributed by atoms with van der Waals surface area (Å²) in [5.41, 5.74) is 1.08. The lowest BCUT2D eigenvalue weighted by Gasteiger charge is -2.68. The van der Waals surface area contributed by atoms with Crippen LogP contribution in [-0.4, -0.2) is 49.8 Å². The average molecular weight is 452 g/mol. The van der Waals surface area contributed by atoms with Crippen molar-refractivity contribution in [2.24, 2.45) is 22.7 Å². The van der Waals surface area contributed by atoms with Gasteiger partial charge in [0.2, 0.25) is 0 Å². The van der Waals surface area contributed by atoms with Gasteiger partial charge >= 0.3 is 0 Å². The predicted molar refractivity (Wildman–Crippen MR) is 126 cm³/mol. The highest BCUT2D eigenvalue weighted by Gasteiger charge is 2.84. The highest BCUT2D eigenvalue weighted by atomic mass is 16.5. The molecule has 1 aromatic heterocycles. The second-order valence-corrected chi connectivity index (χ2v) is 12.9. The molecule has 178 valence electrons. The van der Waals surface area contributed by atoms with E-state index in [1.165, 1.54) is 22.2 Å². The summed E-state index contributed by atoms with van der Waals surface area (Å²) in [7, 11) is 0. The van der Waals surface area contributed by atoms with E-state index in [0.29, 0.717) is 5.92 Å². The normalized spacial score (nSPS) is 50.2. The minimum absolute atomic E-state index is 0.0129. The zero-order valence-electron chi connectivity index (χ0n) is 20.2. The molecular formula is C28H37NO4. The number of aliphatic hydroxyl groups excluding tert-OH is 1. The standard InChI is InChI=1S/C28H37NO4/c1-24(2,31)23-21(30)18-14-27(18)20(33-23)10-11-25(3)26(4)15(9-12-28(25,27)32)13-17-16-7-5-6-8-19(16)29-22(17)26/h5-8,15,18,20-21,23,29-32H,9-14H2,1-4H3/t15-,18+,20-,21-,23-,25+,26+,27-,28-/m0/s1. The quantitative estimate of drug-likeness (QED) is 0.531. The molecule has 1 saturated heterocycles. The van der Waals surface area contributed by atoms with Gasteiger partial charge in [-0.05, 0) is 75.8 Å². The Kier molecular flexibility index (Phi) is 3.72. The van der Waals surface area contributed by atoms with Crippen molar-refractivity contribution in [1.82, 2.24) is 4.98 Å². The minimum atomic E-state index is -1.11. The fourth-order valence-electron chi connectivity index (χ4n) is 9.69. The SMILES string of the molecule is CC(C)(O)[C@H]1O[C@H]2CC[C@@]3(C)[C@@](O)(CC[C@H]4Cc5c([nH]c6ccccc56)[C@@]43C)[C@]23C[C@@H]3[C@@H]1O. The minimum Gasteiger partial charge on any atom is -0.390 e. The van der Waals surface area contributed by atoms with Gasteiger partial charge in [-0.2, -0.15) is 0 Å². The van der Waals surface area contributed by atoms with Gasteiger partial charge in [-0.1, -0.05) is 32.0 Å². The first kappa shape index (κ1) is 20.9. The monoisotopic (exact) mass is 451 g/mol. The van der Waals surface area contributed by atoms with Crippen LogP contribution in [0.1, 0.15) is 71.1 Å². The molecule has 3 saturated carbocycles. The van der Waals surface area contributed by atoms with Gasteiger partial charge in [0, 0.05) is 32.8 Å². The van der Waals surface area contributed by atoms with E-state index in [9.17, 15) is 15.3 Å². The van der Waals surface area contributed by atoms with Gasteiger partial charge < -0.3 is 25.0 Å². The van der Waals surface area contributed by atoms with Crippen LogP contribution < -0.4 is 0 Å². The number of hydrogen-bond donors (Lipinski definition) is 4. The van der Waals surface area contributed by atoms with E-state index in [2.05, 4.69) is 43.1 Å². The number of rotatable bonds is 1. The van der Waals surface area contributed by atoms with Crippen LogP contribution in [0.15, 0.2) is 24.3 Å². The van der Waals surface area contributed by atoms with Crippen molar-refractivity contribution in [2.45, 2.75) is 101 Å². The van der Waals surface area contributed by atoms with Crippen molar-refractivity contribution < 1.29 is 20.1 Å². The predicted octanol–water partition coefficient (Wildman–Crippen LogP) is 3.83. The Morgan fingerprint density at radius 1 is 1.12 bits per heavy atom. The number of para-hydroxylation sites is 1. The molecule has 0 radical (unpaired) electrons. The van der Waals surface area contributed by atoms with Crippen LogP contribution in [0.4, 0.5) is 0 Å².